The minimum absolute atomic E-state index is 0.0525. The SMILES string of the molecule is CC(N)C1CN(C(=O)Cc2ccc(Br)cc2)CCO1. The highest BCUT2D eigenvalue weighted by molar-refractivity contribution is 9.10. The molecule has 5 heteroatoms. The van der Waals surface area contributed by atoms with Crippen molar-refractivity contribution in [3.05, 3.63) is 34.3 Å². The third-order valence-corrected chi connectivity index (χ3v) is 3.83. The van der Waals surface area contributed by atoms with E-state index in [1.165, 1.54) is 0 Å². The minimum Gasteiger partial charge on any atom is -0.373 e. The first-order chi connectivity index (χ1) is 9.06. The molecule has 0 aliphatic carbocycles. The van der Waals surface area contributed by atoms with Crippen molar-refractivity contribution in [3.63, 3.8) is 0 Å². The molecule has 1 fully saturated rings. The van der Waals surface area contributed by atoms with Gasteiger partial charge in [-0.05, 0) is 24.6 Å². The average Bonchev–Trinajstić information content (AvgIpc) is 2.41. The number of hydrogen-bond acceptors (Lipinski definition) is 3. The van der Waals surface area contributed by atoms with Crippen molar-refractivity contribution < 1.29 is 9.53 Å². The number of halogens is 1. The molecule has 1 aliphatic rings. The number of rotatable bonds is 3. The van der Waals surface area contributed by atoms with Gasteiger partial charge in [-0.2, -0.15) is 0 Å². The van der Waals surface area contributed by atoms with E-state index in [2.05, 4.69) is 15.9 Å². The van der Waals surface area contributed by atoms with Gasteiger partial charge in [-0.3, -0.25) is 4.79 Å². The molecule has 1 saturated heterocycles. The number of amides is 1. The number of ether oxygens (including phenoxy) is 1. The Labute approximate surface area is 122 Å². The predicted octanol–water partition coefficient (Wildman–Crippen LogP) is 1.57. The summed E-state index contributed by atoms with van der Waals surface area (Å²) in [5.74, 6) is 0.135. The Morgan fingerprint density at radius 1 is 1.53 bits per heavy atom. The summed E-state index contributed by atoms with van der Waals surface area (Å²) in [6.45, 7) is 3.72. The van der Waals surface area contributed by atoms with E-state index in [4.69, 9.17) is 10.5 Å². The number of nitrogens with two attached hydrogens (primary N) is 1. The molecule has 4 nitrogen and oxygen atoms in total. The van der Waals surface area contributed by atoms with Gasteiger partial charge in [-0.15, -0.1) is 0 Å². The van der Waals surface area contributed by atoms with Crippen LogP contribution in [0.1, 0.15) is 12.5 Å². The molecule has 2 atom stereocenters. The highest BCUT2D eigenvalue weighted by atomic mass is 79.9. The molecule has 104 valence electrons. The average molecular weight is 327 g/mol. The van der Waals surface area contributed by atoms with Gasteiger partial charge in [0.2, 0.25) is 5.91 Å². The third-order valence-electron chi connectivity index (χ3n) is 3.30. The van der Waals surface area contributed by atoms with Crippen molar-refractivity contribution in [2.75, 3.05) is 19.7 Å². The quantitative estimate of drug-likeness (QED) is 0.917. The normalized spacial score (nSPS) is 21.2. The second-order valence-electron chi connectivity index (χ2n) is 4.91. The monoisotopic (exact) mass is 326 g/mol. The van der Waals surface area contributed by atoms with Gasteiger partial charge in [0.1, 0.15) is 0 Å². The predicted molar refractivity (Wildman–Crippen MR) is 77.8 cm³/mol. The van der Waals surface area contributed by atoms with E-state index >= 15 is 0 Å². The number of nitrogens with zero attached hydrogens (tertiary/aromatic N) is 1. The van der Waals surface area contributed by atoms with E-state index in [-0.39, 0.29) is 18.1 Å². The summed E-state index contributed by atoms with van der Waals surface area (Å²) in [5.41, 5.74) is 6.86. The van der Waals surface area contributed by atoms with E-state index in [0.717, 1.165) is 10.0 Å². The summed E-state index contributed by atoms with van der Waals surface area (Å²) in [6.07, 6.45) is 0.376. The second-order valence-corrected chi connectivity index (χ2v) is 5.83. The number of benzene rings is 1. The van der Waals surface area contributed by atoms with Crippen LogP contribution in [0, 0.1) is 0 Å². The molecule has 1 amide bonds. The van der Waals surface area contributed by atoms with Crippen LogP contribution >= 0.6 is 15.9 Å². The Bertz CT molecular complexity index is 434. The lowest BCUT2D eigenvalue weighted by Crippen LogP contribution is -2.51. The lowest BCUT2D eigenvalue weighted by molar-refractivity contribution is -0.138. The second kappa shape index (κ2) is 6.50. The van der Waals surface area contributed by atoms with Crippen LogP contribution in [0.2, 0.25) is 0 Å². The highest BCUT2D eigenvalue weighted by Crippen LogP contribution is 2.13. The molecule has 19 heavy (non-hydrogen) atoms. The molecule has 0 spiro atoms. The molecule has 2 rings (SSSR count). The Hall–Kier alpha value is -0.910. The van der Waals surface area contributed by atoms with E-state index in [9.17, 15) is 4.79 Å². The summed E-state index contributed by atoms with van der Waals surface area (Å²) >= 11 is 3.39. The number of carbonyl (C=O) groups is 1. The van der Waals surface area contributed by atoms with Crippen LogP contribution in [-0.2, 0) is 16.0 Å². The zero-order valence-corrected chi connectivity index (χ0v) is 12.6. The van der Waals surface area contributed by atoms with Gasteiger partial charge < -0.3 is 15.4 Å². The standard InChI is InChI=1S/C14H19BrN2O2/c1-10(16)13-9-17(6-7-19-13)14(18)8-11-2-4-12(15)5-3-11/h2-5,10,13H,6-9,16H2,1H3. The van der Waals surface area contributed by atoms with Gasteiger partial charge in [0.15, 0.2) is 0 Å². The number of hydrogen-bond donors (Lipinski definition) is 1. The first-order valence-electron chi connectivity index (χ1n) is 6.45. The van der Waals surface area contributed by atoms with Crippen molar-refractivity contribution in [1.82, 2.24) is 4.90 Å². The molecule has 0 aromatic heterocycles. The van der Waals surface area contributed by atoms with Gasteiger partial charge in [-0.1, -0.05) is 28.1 Å². The summed E-state index contributed by atoms with van der Waals surface area (Å²) in [6, 6.07) is 7.78. The summed E-state index contributed by atoms with van der Waals surface area (Å²) in [5, 5.41) is 0. The highest BCUT2D eigenvalue weighted by Gasteiger charge is 2.26. The van der Waals surface area contributed by atoms with Crippen LogP contribution in [0.15, 0.2) is 28.7 Å². The van der Waals surface area contributed by atoms with Gasteiger partial charge in [0.05, 0.1) is 19.1 Å². The third kappa shape index (κ3) is 4.03. The van der Waals surface area contributed by atoms with Crippen molar-refractivity contribution in [3.8, 4) is 0 Å². The van der Waals surface area contributed by atoms with Crippen LogP contribution in [-0.4, -0.2) is 42.6 Å². The van der Waals surface area contributed by atoms with Crippen LogP contribution in [0.25, 0.3) is 0 Å². The topological polar surface area (TPSA) is 55.6 Å². The van der Waals surface area contributed by atoms with Crippen LogP contribution in [0.5, 0.6) is 0 Å². The molecule has 0 bridgehead atoms. The first-order valence-corrected chi connectivity index (χ1v) is 7.25. The lowest BCUT2D eigenvalue weighted by Gasteiger charge is -2.34. The van der Waals surface area contributed by atoms with Crippen molar-refractivity contribution in [2.24, 2.45) is 5.73 Å². The Morgan fingerprint density at radius 3 is 2.84 bits per heavy atom. The summed E-state index contributed by atoms with van der Waals surface area (Å²) < 4.78 is 6.58. The molecular formula is C14H19BrN2O2. The molecule has 1 heterocycles. The van der Waals surface area contributed by atoms with Crippen LogP contribution in [0.3, 0.4) is 0 Å². The largest absolute Gasteiger partial charge is 0.373 e. The van der Waals surface area contributed by atoms with Gasteiger partial charge in [-0.25, -0.2) is 0 Å². The fourth-order valence-corrected chi connectivity index (χ4v) is 2.37. The van der Waals surface area contributed by atoms with E-state index < -0.39 is 0 Å². The first kappa shape index (κ1) is 14.5. The molecule has 2 N–H and O–H groups in total. The molecular weight excluding hydrogens is 308 g/mol. The Balaban J connectivity index is 1.94. The van der Waals surface area contributed by atoms with Crippen molar-refractivity contribution in [1.29, 1.82) is 0 Å². The van der Waals surface area contributed by atoms with Crippen molar-refractivity contribution in [2.45, 2.75) is 25.5 Å². The number of morpholine rings is 1. The maximum absolute atomic E-state index is 12.2. The van der Waals surface area contributed by atoms with Gasteiger partial charge in [0.25, 0.3) is 0 Å². The maximum Gasteiger partial charge on any atom is 0.227 e. The van der Waals surface area contributed by atoms with Gasteiger partial charge >= 0.3 is 0 Å². The smallest absolute Gasteiger partial charge is 0.227 e. The molecule has 1 aromatic carbocycles. The van der Waals surface area contributed by atoms with E-state index in [0.29, 0.717) is 26.1 Å². The van der Waals surface area contributed by atoms with E-state index in [1.807, 2.05) is 36.1 Å². The zero-order chi connectivity index (χ0) is 13.8. The van der Waals surface area contributed by atoms with Gasteiger partial charge in [0, 0.05) is 23.6 Å². The molecule has 2 unspecified atom stereocenters. The maximum atomic E-state index is 12.2. The Kier molecular flexibility index (Phi) is 4.96. The van der Waals surface area contributed by atoms with E-state index in [1.54, 1.807) is 0 Å². The summed E-state index contributed by atoms with van der Waals surface area (Å²) in [7, 11) is 0. The fraction of sp³-hybridized carbons (Fsp3) is 0.500. The fourth-order valence-electron chi connectivity index (χ4n) is 2.11. The van der Waals surface area contributed by atoms with Crippen LogP contribution < -0.4 is 5.73 Å². The lowest BCUT2D eigenvalue weighted by atomic mass is 10.1. The van der Waals surface area contributed by atoms with Crippen LogP contribution in [0.4, 0.5) is 0 Å². The minimum atomic E-state index is -0.0531. The van der Waals surface area contributed by atoms with Crippen molar-refractivity contribution >= 4 is 21.8 Å². The zero-order valence-electron chi connectivity index (χ0n) is 11.0. The molecule has 0 saturated carbocycles. The molecule has 1 aromatic rings. The number of carbonyl (C=O) groups excluding carboxylic acids is 1. The molecule has 1 aliphatic heterocycles. The molecule has 0 radical (unpaired) electrons. The Morgan fingerprint density at radius 2 is 2.21 bits per heavy atom. The summed E-state index contributed by atoms with van der Waals surface area (Å²) in [4.78, 5) is 14.1.